The highest BCUT2D eigenvalue weighted by Gasteiger charge is 2.19. The SMILES string of the molecule is CCn1c(SCc2ccccc2Cl)nnc1[C@H](C)NC(=O)c1ccc(Cl)cc1. The monoisotopic (exact) mass is 434 g/mol. The van der Waals surface area contributed by atoms with Gasteiger partial charge < -0.3 is 9.88 Å². The normalized spacial score (nSPS) is 12.0. The maximum Gasteiger partial charge on any atom is 0.251 e. The van der Waals surface area contributed by atoms with E-state index in [1.807, 2.05) is 42.7 Å². The summed E-state index contributed by atoms with van der Waals surface area (Å²) in [5.74, 6) is 1.23. The van der Waals surface area contributed by atoms with E-state index in [1.54, 1.807) is 36.0 Å². The second-order valence-electron chi connectivity index (χ2n) is 6.17. The van der Waals surface area contributed by atoms with Crippen molar-refractivity contribution >= 4 is 40.9 Å². The zero-order valence-corrected chi connectivity index (χ0v) is 17.9. The Bertz CT molecular complexity index is 959. The molecule has 1 heterocycles. The van der Waals surface area contributed by atoms with Crippen LogP contribution in [0.25, 0.3) is 0 Å². The van der Waals surface area contributed by atoms with Gasteiger partial charge in [0.15, 0.2) is 11.0 Å². The molecule has 1 aromatic heterocycles. The number of aromatic nitrogens is 3. The summed E-state index contributed by atoms with van der Waals surface area (Å²) in [6, 6.07) is 14.2. The van der Waals surface area contributed by atoms with E-state index in [0.29, 0.717) is 28.7 Å². The van der Waals surface area contributed by atoms with E-state index in [4.69, 9.17) is 23.2 Å². The molecule has 0 radical (unpaired) electrons. The second-order valence-corrected chi connectivity index (χ2v) is 7.95. The van der Waals surface area contributed by atoms with E-state index < -0.39 is 0 Å². The van der Waals surface area contributed by atoms with E-state index in [1.165, 1.54) is 0 Å². The van der Waals surface area contributed by atoms with E-state index >= 15 is 0 Å². The molecule has 1 N–H and O–H groups in total. The van der Waals surface area contributed by atoms with Crippen molar-refractivity contribution in [2.24, 2.45) is 0 Å². The standard InChI is InChI=1S/C20H20Cl2N4OS/c1-3-26-18(13(2)23-19(27)14-8-10-16(21)11-9-14)24-25-20(26)28-12-15-6-4-5-7-17(15)22/h4-11,13H,3,12H2,1-2H3,(H,23,27)/t13-/m0/s1. The summed E-state index contributed by atoms with van der Waals surface area (Å²) in [5.41, 5.74) is 1.59. The number of nitrogens with one attached hydrogen (secondary N) is 1. The number of amides is 1. The highest BCUT2D eigenvalue weighted by Crippen LogP contribution is 2.27. The Labute approximate surface area is 178 Å². The van der Waals surface area contributed by atoms with E-state index in [0.717, 1.165) is 15.7 Å². The van der Waals surface area contributed by atoms with Crippen molar-refractivity contribution in [3.63, 3.8) is 0 Å². The van der Waals surface area contributed by atoms with Gasteiger partial charge in [0.05, 0.1) is 6.04 Å². The molecular weight excluding hydrogens is 415 g/mol. The van der Waals surface area contributed by atoms with Crippen LogP contribution < -0.4 is 5.32 Å². The molecule has 0 bridgehead atoms. The lowest BCUT2D eigenvalue weighted by Gasteiger charge is -2.15. The van der Waals surface area contributed by atoms with E-state index in [9.17, 15) is 4.79 Å². The minimum absolute atomic E-state index is 0.180. The predicted molar refractivity (Wildman–Crippen MR) is 114 cm³/mol. The molecule has 146 valence electrons. The van der Waals surface area contributed by atoms with Crippen LogP contribution in [0.5, 0.6) is 0 Å². The Hall–Kier alpha value is -2.02. The molecule has 0 saturated heterocycles. The molecule has 8 heteroatoms. The number of hydrogen-bond acceptors (Lipinski definition) is 4. The molecule has 5 nitrogen and oxygen atoms in total. The molecule has 0 fully saturated rings. The molecular formula is C20H20Cl2N4OS. The van der Waals surface area contributed by atoms with Gasteiger partial charge in [-0.15, -0.1) is 10.2 Å². The number of carbonyl (C=O) groups excluding carboxylic acids is 1. The maximum atomic E-state index is 12.5. The molecule has 0 aliphatic carbocycles. The maximum absolute atomic E-state index is 12.5. The lowest BCUT2D eigenvalue weighted by molar-refractivity contribution is 0.0937. The summed E-state index contributed by atoms with van der Waals surface area (Å²) in [4.78, 5) is 12.5. The number of thioether (sulfide) groups is 1. The third-order valence-electron chi connectivity index (χ3n) is 4.22. The van der Waals surface area contributed by atoms with E-state index in [2.05, 4.69) is 15.5 Å². The van der Waals surface area contributed by atoms with Gasteiger partial charge in [-0.3, -0.25) is 4.79 Å². The van der Waals surface area contributed by atoms with Gasteiger partial charge in [0.2, 0.25) is 0 Å². The van der Waals surface area contributed by atoms with E-state index in [-0.39, 0.29) is 11.9 Å². The quantitative estimate of drug-likeness (QED) is 0.506. The third-order valence-corrected chi connectivity index (χ3v) is 5.85. The predicted octanol–water partition coefficient (Wildman–Crippen LogP) is 5.39. The first-order valence-corrected chi connectivity index (χ1v) is 10.6. The lowest BCUT2D eigenvalue weighted by atomic mass is 10.2. The zero-order chi connectivity index (χ0) is 20.1. The van der Waals surface area contributed by atoms with Crippen LogP contribution in [0.3, 0.4) is 0 Å². The minimum Gasteiger partial charge on any atom is -0.342 e. The van der Waals surface area contributed by atoms with Crippen molar-refractivity contribution in [1.29, 1.82) is 0 Å². The fourth-order valence-electron chi connectivity index (χ4n) is 2.73. The number of nitrogens with zero attached hydrogens (tertiary/aromatic N) is 3. The Morgan fingerprint density at radius 2 is 1.86 bits per heavy atom. The molecule has 2 aromatic carbocycles. The molecule has 0 saturated carbocycles. The number of hydrogen-bond donors (Lipinski definition) is 1. The molecule has 3 rings (SSSR count). The summed E-state index contributed by atoms with van der Waals surface area (Å²) < 4.78 is 2.01. The van der Waals surface area contributed by atoms with Crippen molar-refractivity contribution < 1.29 is 4.79 Å². The van der Waals surface area contributed by atoms with Crippen molar-refractivity contribution in [1.82, 2.24) is 20.1 Å². The molecule has 0 spiro atoms. The first-order chi connectivity index (χ1) is 13.5. The van der Waals surface area contributed by atoms with Gasteiger partial charge in [-0.05, 0) is 49.7 Å². The first kappa shape index (κ1) is 20.7. The van der Waals surface area contributed by atoms with Crippen LogP contribution in [0.4, 0.5) is 0 Å². The van der Waals surface area contributed by atoms with Crippen LogP contribution in [0.15, 0.2) is 53.7 Å². The highest BCUT2D eigenvalue weighted by atomic mass is 35.5. The average molecular weight is 435 g/mol. The Kier molecular flexibility index (Phi) is 6.99. The molecule has 28 heavy (non-hydrogen) atoms. The van der Waals surface area contributed by atoms with Gasteiger partial charge >= 0.3 is 0 Å². The third kappa shape index (κ3) is 4.87. The Morgan fingerprint density at radius 3 is 2.54 bits per heavy atom. The van der Waals surface area contributed by atoms with Crippen LogP contribution in [0, 0.1) is 0 Å². The van der Waals surface area contributed by atoms with Crippen molar-refractivity contribution in [2.45, 2.75) is 37.3 Å². The summed E-state index contributed by atoms with van der Waals surface area (Å²) in [7, 11) is 0. The summed E-state index contributed by atoms with van der Waals surface area (Å²) in [6.45, 7) is 4.63. The van der Waals surface area contributed by atoms with Crippen LogP contribution >= 0.6 is 35.0 Å². The lowest BCUT2D eigenvalue weighted by Crippen LogP contribution is -2.28. The van der Waals surface area contributed by atoms with Crippen LogP contribution in [0.1, 0.15) is 41.6 Å². The number of carbonyl (C=O) groups is 1. The number of benzene rings is 2. The Morgan fingerprint density at radius 1 is 1.14 bits per heavy atom. The molecule has 1 atom stereocenters. The fourth-order valence-corrected chi connectivity index (χ4v) is 4.15. The van der Waals surface area contributed by atoms with Gasteiger partial charge in [-0.2, -0.15) is 0 Å². The molecule has 1 amide bonds. The average Bonchev–Trinajstić information content (AvgIpc) is 3.11. The largest absolute Gasteiger partial charge is 0.342 e. The highest BCUT2D eigenvalue weighted by molar-refractivity contribution is 7.98. The van der Waals surface area contributed by atoms with Crippen molar-refractivity contribution in [3.05, 3.63) is 75.5 Å². The number of halogens is 2. The van der Waals surface area contributed by atoms with Crippen molar-refractivity contribution in [2.75, 3.05) is 0 Å². The topological polar surface area (TPSA) is 59.8 Å². The second kappa shape index (κ2) is 9.45. The molecule has 0 aliphatic heterocycles. The molecule has 3 aromatic rings. The summed E-state index contributed by atoms with van der Waals surface area (Å²) in [6.07, 6.45) is 0. The number of rotatable bonds is 7. The van der Waals surface area contributed by atoms with Gasteiger partial charge in [-0.1, -0.05) is 53.2 Å². The van der Waals surface area contributed by atoms with Crippen molar-refractivity contribution in [3.8, 4) is 0 Å². The zero-order valence-electron chi connectivity index (χ0n) is 15.5. The van der Waals surface area contributed by atoms with Crippen LogP contribution in [0.2, 0.25) is 10.0 Å². The van der Waals surface area contributed by atoms with Crippen LogP contribution in [-0.4, -0.2) is 20.7 Å². The summed E-state index contributed by atoms with van der Waals surface area (Å²) in [5, 5.41) is 13.7. The van der Waals surface area contributed by atoms with Gasteiger partial charge in [0, 0.05) is 27.9 Å². The van der Waals surface area contributed by atoms with Gasteiger partial charge in [-0.25, -0.2) is 0 Å². The van der Waals surface area contributed by atoms with Gasteiger partial charge in [0.25, 0.3) is 5.91 Å². The molecule has 0 unspecified atom stereocenters. The molecule has 0 aliphatic rings. The van der Waals surface area contributed by atoms with Crippen LogP contribution in [-0.2, 0) is 12.3 Å². The van der Waals surface area contributed by atoms with Gasteiger partial charge in [0.1, 0.15) is 0 Å². The minimum atomic E-state index is -0.287. The smallest absolute Gasteiger partial charge is 0.251 e. The summed E-state index contributed by atoms with van der Waals surface area (Å²) >= 11 is 13.7. The fraction of sp³-hybridized carbons (Fsp3) is 0.250. The first-order valence-electron chi connectivity index (χ1n) is 8.85. The Balaban J connectivity index is 1.70.